The Labute approximate surface area is 182 Å². The number of guanidine groups is 1. The van der Waals surface area contributed by atoms with Crippen LogP contribution >= 0.6 is 24.0 Å². The molecule has 0 aromatic heterocycles. The number of rotatable bonds is 11. The van der Waals surface area contributed by atoms with Crippen LogP contribution in [0.2, 0.25) is 0 Å². The lowest BCUT2D eigenvalue weighted by atomic mass is 10.1. The van der Waals surface area contributed by atoms with Crippen molar-refractivity contribution in [2.24, 2.45) is 4.99 Å². The van der Waals surface area contributed by atoms with E-state index >= 15 is 0 Å². The maximum Gasteiger partial charge on any atom is 0.216 e. The lowest BCUT2D eigenvalue weighted by Gasteiger charge is -2.11. The topological polar surface area (TPSA) is 82.6 Å². The predicted octanol–water partition coefficient (Wildman–Crippen LogP) is 3.38. The largest absolute Gasteiger partial charge is 0.357 e. The second-order valence-electron chi connectivity index (χ2n) is 6.68. The van der Waals surface area contributed by atoms with E-state index < -0.39 is 10.0 Å². The summed E-state index contributed by atoms with van der Waals surface area (Å²) in [5.74, 6) is 0.812. The number of benzene rings is 1. The van der Waals surface area contributed by atoms with E-state index in [0.29, 0.717) is 6.54 Å². The minimum Gasteiger partial charge on any atom is -0.357 e. The van der Waals surface area contributed by atoms with Gasteiger partial charge < -0.3 is 10.6 Å². The summed E-state index contributed by atoms with van der Waals surface area (Å²) in [4.78, 5) is 4.59. The Bertz CT molecular complexity index is 646. The van der Waals surface area contributed by atoms with E-state index in [1.54, 1.807) is 0 Å². The van der Waals surface area contributed by atoms with Gasteiger partial charge in [0.2, 0.25) is 10.0 Å². The minimum absolute atomic E-state index is 0. The summed E-state index contributed by atoms with van der Waals surface area (Å²) in [6, 6.07) is 7.48. The Hall–Kier alpha value is -0.870. The molecule has 1 aromatic carbocycles. The minimum atomic E-state index is -3.29. The zero-order valence-electron chi connectivity index (χ0n) is 16.9. The van der Waals surface area contributed by atoms with E-state index in [4.69, 9.17) is 0 Å². The Morgan fingerprint density at radius 3 is 2.22 bits per heavy atom. The Morgan fingerprint density at radius 1 is 1.04 bits per heavy atom. The SMILES string of the molecule is CCCCCNC(=NCc1ccc(CS(=O)(=O)NC(C)C)cc1)NCC.I. The number of unbranched alkanes of at least 4 members (excludes halogenated alkanes) is 2. The van der Waals surface area contributed by atoms with Gasteiger partial charge in [0.1, 0.15) is 0 Å². The first-order valence-corrected chi connectivity index (χ1v) is 11.1. The molecule has 8 heteroatoms. The van der Waals surface area contributed by atoms with E-state index in [2.05, 4.69) is 27.3 Å². The summed E-state index contributed by atoms with van der Waals surface area (Å²) in [6.07, 6.45) is 3.54. The molecule has 6 nitrogen and oxygen atoms in total. The molecule has 156 valence electrons. The molecule has 0 aliphatic carbocycles. The lowest BCUT2D eigenvalue weighted by molar-refractivity contribution is 0.569. The van der Waals surface area contributed by atoms with Gasteiger partial charge in [-0.3, -0.25) is 0 Å². The normalized spacial score (nSPS) is 12.0. The maximum atomic E-state index is 12.0. The summed E-state index contributed by atoms with van der Waals surface area (Å²) in [7, 11) is -3.29. The number of nitrogens with zero attached hydrogens (tertiary/aromatic N) is 1. The smallest absolute Gasteiger partial charge is 0.216 e. The molecule has 0 spiro atoms. The molecule has 0 radical (unpaired) electrons. The van der Waals surface area contributed by atoms with Crippen molar-refractivity contribution in [2.45, 2.75) is 65.3 Å². The van der Waals surface area contributed by atoms with Gasteiger partial charge >= 0.3 is 0 Å². The molecule has 0 unspecified atom stereocenters. The molecule has 0 saturated carbocycles. The molecule has 0 atom stereocenters. The van der Waals surface area contributed by atoms with Gasteiger partial charge in [0.15, 0.2) is 5.96 Å². The summed E-state index contributed by atoms with van der Waals surface area (Å²) in [5, 5.41) is 6.58. The molecule has 0 amide bonds. The van der Waals surface area contributed by atoms with Crippen molar-refractivity contribution in [2.75, 3.05) is 13.1 Å². The Balaban J connectivity index is 0.00000676. The molecule has 0 heterocycles. The van der Waals surface area contributed by atoms with Gasteiger partial charge in [-0.05, 0) is 38.3 Å². The summed E-state index contributed by atoms with van der Waals surface area (Å²) < 4.78 is 26.6. The van der Waals surface area contributed by atoms with Gasteiger partial charge in [-0.25, -0.2) is 18.1 Å². The lowest BCUT2D eigenvalue weighted by Crippen LogP contribution is -2.37. The van der Waals surface area contributed by atoms with Crippen molar-refractivity contribution in [1.29, 1.82) is 0 Å². The van der Waals surface area contributed by atoms with Crippen molar-refractivity contribution >= 4 is 40.0 Å². The number of sulfonamides is 1. The van der Waals surface area contributed by atoms with Crippen molar-refractivity contribution in [3.63, 3.8) is 0 Å². The fraction of sp³-hybridized carbons (Fsp3) is 0.632. The van der Waals surface area contributed by atoms with Crippen LogP contribution in [0.1, 0.15) is 58.1 Å². The third kappa shape index (κ3) is 12.2. The van der Waals surface area contributed by atoms with Crippen LogP contribution in [0.15, 0.2) is 29.3 Å². The Morgan fingerprint density at radius 2 is 1.67 bits per heavy atom. The third-order valence-corrected chi connectivity index (χ3v) is 5.18. The molecule has 0 aliphatic heterocycles. The number of hydrogen-bond acceptors (Lipinski definition) is 3. The highest BCUT2D eigenvalue weighted by Crippen LogP contribution is 2.09. The maximum absolute atomic E-state index is 12.0. The van der Waals surface area contributed by atoms with Gasteiger partial charge in [-0.1, -0.05) is 44.0 Å². The quantitative estimate of drug-likeness (QED) is 0.185. The zero-order chi connectivity index (χ0) is 19.4. The van der Waals surface area contributed by atoms with Crippen LogP contribution in [0.3, 0.4) is 0 Å². The monoisotopic (exact) mass is 510 g/mol. The van der Waals surface area contributed by atoms with Gasteiger partial charge in [-0.15, -0.1) is 24.0 Å². The first-order chi connectivity index (χ1) is 12.4. The molecule has 0 bridgehead atoms. The number of hydrogen-bond donors (Lipinski definition) is 3. The van der Waals surface area contributed by atoms with Crippen LogP contribution in [0, 0.1) is 0 Å². The van der Waals surface area contributed by atoms with E-state index in [0.717, 1.165) is 36.6 Å². The second-order valence-corrected chi connectivity index (χ2v) is 8.43. The fourth-order valence-corrected chi connectivity index (χ4v) is 3.89. The Kier molecular flexibility index (Phi) is 13.7. The van der Waals surface area contributed by atoms with Crippen molar-refractivity contribution in [3.05, 3.63) is 35.4 Å². The van der Waals surface area contributed by atoms with E-state index in [-0.39, 0.29) is 35.8 Å². The first kappa shape index (κ1) is 26.1. The molecule has 0 fully saturated rings. The number of aliphatic imine (C=N–C) groups is 1. The summed E-state index contributed by atoms with van der Waals surface area (Å²) >= 11 is 0. The molecule has 27 heavy (non-hydrogen) atoms. The van der Waals surface area contributed by atoms with E-state index in [1.165, 1.54) is 12.8 Å². The van der Waals surface area contributed by atoms with Crippen LogP contribution in [-0.2, 0) is 22.3 Å². The summed E-state index contributed by atoms with van der Waals surface area (Å²) in [6.45, 7) is 10.2. The zero-order valence-corrected chi connectivity index (χ0v) is 20.1. The molecule has 1 rings (SSSR count). The number of halogens is 1. The first-order valence-electron chi connectivity index (χ1n) is 9.46. The molecular weight excluding hydrogens is 475 g/mol. The van der Waals surface area contributed by atoms with Crippen LogP contribution in [0.4, 0.5) is 0 Å². The average molecular weight is 510 g/mol. The molecule has 0 saturated heterocycles. The van der Waals surface area contributed by atoms with Crippen LogP contribution in [0.25, 0.3) is 0 Å². The van der Waals surface area contributed by atoms with E-state index in [1.807, 2.05) is 45.0 Å². The second kappa shape index (κ2) is 14.2. The van der Waals surface area contributed by atoms with Crippen molar-refractivity contribution < 1.29 is 8.42 Å². The van der Waals surface area contributed by atoms with Crippen molar-refractivity contribution in [3.8, 4) is 0 Å². The highest BCUT2D eigenvalue weighted by atomic mass is 127. The van der Waals surface area contributed by atoms with Crippen LogP contribution < -0.4 is 15.4 Å². The van der Waals surface area contributed by atoms with Gasteiger partial charge in [0.25, 0.3) is 0 Å². The fourth-order valence-electron chi connectivity index (χ4n) is 2.45. The molecule has 1 aromatic rings. The molecule has 0 aliphatic rings. The average Bonchev–Trinajstić information content (AvgIpc) is 2.56. The van der Waals surface area contributed by atoms with Gasteiger partial charge in [-0.2, -0.15) is 0 Å². The van der Waals surface area contributed by atoms with Crippen LogP contribution in [-0.4, -0.2) is 33.5 Å². The van der Waals surface area contributed by atoms with Gasteiger partial charge in [0.05, 0.1) is 12.3 Å². The van der Waals surface area contributed by atoms with Crippen molar-refractivity contribution in [1.82, 2.24) is 15.4 Å². The molecule has 3 N–H and O–H groups in total. The van der Waals surface area contributed by atoms with Crippen LogP contribution in [0.5, 0.6) is 0 Å². The highest BCUT2D eigenvalue weighted by molar-refractivity contribution is 14.0. The molecular formula is C19H35IN4O2S. The highest BCUT2D eigenvalue weighted by Gasteiger charge is 2.12. The standard InChI is InChI=1S/C19H34N4O2S.HI/c1-5-7-8-13-21-19(20-6-2)22-14-17-9-11-18(12-10-17)15-26(24,25)23-16(3)4;/h9-12,16,23H,5-8,13-15H2,1-4H3,(H2,20,21,22);1H. The van der Waals surface area contributed by atoms with E-state index in [9.17, 15) is 8.42 Å². The number of nitrogens with one attached hydrogen (secondary N) is 3. The third-order valence-electron chi connectivity index (χ3n) is 3.63. The summed E-state index contributed by atoms with van der Waals surface area (Å²) in [5.41, 5.74) is 1.82. The predicted molar refractivity (Wildman–Crippen MR) is 125 cm³/mol. The van der Waals surface area contributed by atoms with Gasteiger partial charge in [0, 0.05) is 19.1 Å².